The Morgan fingerprint density at radius 2 is 1.10 bits per heavy atom. The lowest BCUT2D eigenvalue weighted by atomic mass is 9.56. The maximum absolute atomic E-state index is 2.48. The van der Waals surface area contributed by atoms with Gasteiger partial charge < -0.3 is 0 Å². The molecule has 1 fully saturated rings. The maximum Gasteiger partial charge on any atom is -0.0257 e. The zero-order chi connectivity index (χ0) is 24.2. The molecule has 0 nitrogen and oxygen atoms in total. The first-order valence-corrected chi connectivity index (χ1v) is 13.1. The van der Waals surface area contributed by atoms with E-state index in [-0.39, 0.29) is 0 Å². The van der Waals surface area contributed by atoms with Crippen LogP contribution in [0.25, 0.3) is 0 Å². The van der Waals surface area contributed by atoms with Crippen LogP contribution >= 0.6 is 0 Å². The Hall–Kier alpha value is 0. The summed E-state index contributed by atoms with van der Waals surface area (Å²) in [5, 5.41) is 0. The summed E-state index contributed by atoms with van der Waals surface area (Å²) in [6, 6.07) is 0. The summed E-state index contributed by atoms with van der Waals surface area (Å²) < 4.78 is 0. The molecule has 0 heterocycles. The lowest BCUT2D eigenvalue weighted by Gasteiger charge is -2.49. The molecular formula is C29H64. The van der Waals surface area contributed by atoms with Gasteiger partial charge in [-0.1, -0.05) is 137 Å². The van der Waals surface area contributed by atoms with Crippen molar-refractivity contribution in [1.82, 2.24) is 0 Å². The van der Waals surface area contributed by atoms with Crippen molar-refractivity contribution in [2.45, 2.75) is 143 Å². The second kappa shape index (κ2) is 14.9. The maximum atomic E-state index is 2.48. The van der Waals surface area contributed by atoms with Crippen LogP contribution in [0.3, 0.4) is 0 Å². The summed E-state index contributed by atoms with van der Waals surface area (Å²) in [6.07, 6.45) is 5.72. The normalized spacial score (nSPS) is 21.8. The van der Waals surface area contributed by atoms with Crippen LogP contribution in [-0.2, 0) is 0 Å². The Kier molecular flexibility index (Phi) is 17.3. The summed E-state index contributed by atoms with van der Waals surface area (Å²) in [4.78, 5) is 0. The Balaban J connectivity index is -0.000000406. The molecule has 1 aliphatic rings. The zero-order valence-electron chi connectivity index (χ0n) is 24.2. The minimum atomic E-state index is 0.375. The van der Waals surface area contributed by atoms with E-state index in [0.29, 0.717) is 16.2 Å². The third-order valence-electron chi connectivity index (χ3n) is 8.43. The molecule has 0 N–H and O–H groups in total. The second-order valence-corrected chi connectivity index (χ2v) is 11.7. The molecule has 0 radical (unpaired) electrons. The SMILES string of the molecule is CC.CC.CC(C)(C)C(C)(C)C(C)(C)C.CCCC1CC1C(C)C(C)C(C)CC. The van der Waals surface area contributed by atoms with E-state index in [1.807, 2.05) is 27.7 Å². The summed E-state index contributed by atoms with van der Waals surface area (Å²) in [5.74, 6) is 4.95. The van der Waals surface area contributed by atoms with E-state index >= 15 is 0 Å². The molecule has 0 heteroatoms. The molecular weight excluding hydrogens is 348 g/mol. The molecule has 0 aromatic heterocycles. The third-order valence-corrected chi connectivity index (χ3v) is 8.43. The topological polar surface area (TPSA) is 0 Å². The fraction of sp³-hybridized carbons (Fsp3) is 1.00. The number of hydrogen-bond donors (Lipinski definition) is 0. The highest BCUT2D eigenvalue weighted by Gasteiger charge is 2.43. The quantitative estimate of drug-likeness (QED) is 0.407. The lowest BCUT2D eigenvalue weighted by molar-refractivity contribution is 0.00575. The molecule has 1 rings (SSSR count). The molecule has 1 aliphatic carbocycles. The van der Waals surface area contributed by atoms with Crippen LogP contribution < -0.4 is 0 Å². The smallest absolute Gasteiger partial charge is 0.0257 e. The minimum Gasteiger partial charge on any atom is -0.0683 e. The van der Waals surface area contributed by atoms with Gasteiger partial charge in [0.15, 0.2) is 0 Å². The van der Waals surface area contributed by atoms with E-state index in [4.69, 9.17) is 0 Å². The van der Waals surface area contributed by atoms with Crippen molar-refractivity contribution in [3.63, 3.8) is 0 Å². The van der Waals surface area contributed by atoms with E-state index in [0.717, 1.165) is 29.6 Å². The van der Waals surface area contributed by atoms with E-state index in [2.05, 4.69) is 90.0 Å². The molecule has 1 saturated carbocycles. The summed E-state index contributed by atoms with van der Waals surface area (Å²) >= 11 is 0. The largest absolute Gasteiger partial charge is 0.0683 e. The molecule has 0 saturated heterocycles. The van der Waals surface area contributed by atoms with Crippen LogP contribution in [0.15, 0.2) is 0 Å². The Morgan fingerprint density at radius 3 is 1.34 bits per heavy atom. The Morgan fingerprint density at radius 1 is 0.724 bits per heavy atom. The van der Waals surface area contributed by atoms with Crippen molar-refractivity contribution >= 4 is 0 Å². The first-order chi connectivity index (χ1) is 13.1. The second-order valence-electron chi connectivity index (χ2n) is 11.7. The molecule has 5 atom stereocenters. The van der Waals surface area contributed by atoms with Crippen LogP contribution in [0.5, 0.6) is 0 Å². The van der Waals surface area contributed by atoms with Gasteiger partial charge >= 0.3 is 0 Å². The van der Waals surface area contributed by atoms with Crippen LogP contribution in [0.2, 0.25) is 0 Å². The van der Waals surface area contributed by atoms with Crippen LogP contribution in [0.1, 0.15) is 143 Å². The van der Waals surface area contributed by atoms with Crippen LogP contribution in [0.4, 0.5) is 0 Å². The van der Waals surface area contributed by atoms with Crippen molar-refractivity contribution in [2.75, 3.05) is 0 Å². The van der Waals surface area contributed by atoms with Crippen molar-refractivity contribution in [3.8, 4) is 0 Å². The van der Waals surface area contributed by atoms with Crippen molar-refractivity contribution in [1.29, 1.82) is 0 Å². The first kappa shape index (κ1) is 33.6. The molecule has 5 unspecified atom stereocenters. The van der Waals surface area contributed by atoms with Gasteiger partial charge in [-0.05, 0) is 52.3 Å². The third kappa shape index (κ3) is 11.3. The zero-order valence-corrected chi connectivity index (χ0v) is 24.2. The van der Waals surface area contributed by atoms with Crippen molar-refractivity contribution < 1.29 is 0 Å². The van der Waals surface area contributed by atoms with Gasteiger partial charge in [0.1, 0.15) is 0 Å². The van der Waals surface area contributed by atoms with Gasteiger partial charge in [0.2, 0.25) is 0 Å². The Bertz CT molecular complexity index is 346. The molecule has 29 heavy (non-hydrogen) atoms. The van der Waals surface area contributed by atoms with E-state index in [9.17, 15) is 0 Å². The molecule has 0 spiro atoms. The summed E-state index contributed by atoms with van der Waals surface area (Å²) in [6.45, 7) is 38.6. The molecule has 0 aliphatic heterocycles. The first-order valence-electron chi connectivity index (χ1n) is 13.1. The predicted octanol–water partition coefficient (Wildman–Crippen LogP) is 10.9. The lowest BCUT2D eigenvalue weighted by Crippen LogP contribution is -2.41. The fourth-order valence-electron chi connectivity index (χ4n) is 4.02. The standard InChI is InChI=1S/C14H28.C11H24.2C2H6/c1-6-8-13-9-14(13)12(5)11(4)10(3)7-2;1-9(2,3)11(7,8)10(4,5)6;2*1-2/h10-14H,6-9H2,1-5H3;1-8H3;2*1-2H3. The summed E-state index contributed by atoms with van der Waals surface area (Å²) in [7, 11) is 0. The predicted molar refractivity (Wildman–Crippen MR) is 140 cm³/mol. The van der Waals surface area contributed by atoms with Gasteiger partial charge in [-0.25, -0.2) is 0 Å². The van der Waals surface area contributed by atoms with Gasteiger partial charge in [-0.2, -0.15) is 0 Å². The van der Waals surface area contributed by atoms with Crippen molar-refractivity contribution in [2.24, 2.45) is 45.8 Å². The highest BCUT2D eigenvalue weighted by atomic mass is 14.5. The highest BCUT2D eigenvalue weighted by molar-refractivity contribution is 4.92. The molecule has 180 valence electrons. The van der Waals surface area contributed by atoms with E-state index in [1.54, 1.807) is 0 Å². The average molecular weight is 413 g/mol. The van der Waals surface area contributed by atoms with Gasteiger partial charge in [-0.15, -0.1) is 0 Å². The summed E-state index contributed by atoms with van der Waals surface area (Å²) in [5.41, 5.74) is 1.14. The molecule has 0 aromatic rings. The fourth-order valence-corrected chi connectivity index (χ4v) is 4.02. The van der Waals surface area contributed by atoms with Crippen LogP contribution in [0, 0.1) is 45.8 Å². The molecule has 0 bridgehead atoms. The van der Waals surface area contributed by atoms with Gasteiger partial charge in [0.05, 0.1) is 0 Å². The number of rotatable bonds is 6. The molecule has 0 aromatic carbocycles. The minimum absolute atomic E-state index is 0.375. The molecule has 0 amide bonds. The van der Waals surface area contributed by atoms with Gasteiger partial charge in [-0.3, -0.25) is 0 Å². The van der Waals surface area contributed by atoms with E-state index in [1.165, 1.54) is 25.7 Å². The van der Waals surface area contributed by atoms with Crippen molar-refractivity contribution in [3.05, 3.63) is 0 Å². The van der Waals surface area contributed by atoms with Gasteiger partial charge in [0, 0.05) is 0 Å². The Labute approximate surface area is 189 Å². The van der Waals surface area contributed by atoms with Crippen LogP contribution in [-0.4, -0.2) is 0 Å². The van der Waals surface area contributed by atoms with Gasteiger partial charge in [0.25, 0.3) is 0 Å². The monoisotopic (exact) mass is 413 g/mol. The average Bonchev–Trinajstić information content (AvgIpc) is 3.41. The van der Waals surface area contributed by atoms with E-state index < -0.39 is 0 Å². The number of hydrogen-bond acceptors (Lipinski definition) is 0. The highest BCUT2D eigenvalue weighted by Crippen LogP contribution is 2.51.